The van der Waals surface area contributed by atoms with E-state index in [0.717, 1.165) is 25.9 Å². The first kappa shape index (κ1) is 14.0. The minimum Gasteiger partial charge on any atom is -0.396 e. The quantitative estimate of drug-likeness (QED) is 0.853. The molecule has 1 aliphatic rings. The summed E-state index contributed by atoms with van der Waals surface area (Å²) in [6.45, 7) is 1.89. The monoisotopic (exact) mass is 258 g/mol. The summed E-state index contributed by atoms with van der Waals surface area (Å²) < 4.78 is 0. The highest BCUT2D eigenvalue weighted by Crippen LogP contribution is 2.34. The molecule has 0 radical (unpaired) electrons. The highest BCUT2D eigenvalue weighted by Gasteiger charge is 2.24. The van der Waals surface area contributed by atoms with Crippen molar-refractivity contribution in [1.82, 2.24) is 4.90 Å². The number of benzene rings is 1. The zero-order valence-electron chi connectivity index (χ0n) is 11.4. The molecule has 1 N–H and O–H groups in total. The van der Waals surface area contributed by atoms with Crippen LogP contribution in [0.3, 0.4) is 0 Å². The lowest BCUT2D eigenvalue weighted by molar-refractivity contribution is 0.163. The number of hydrogen-bond donors (Lipinski definition) is 1. The number of aryl methyl sites for hydroxylation is 1. The van der Waals surface area contributed by atoms with Crippen LogP contribution in [-0.4, -0.2) is 29.7 Å². The van der Waals surface area contributed by atoms with E-state index in [4.69, 9.17) is 10.4 Å². The molecule has 1 aromatic rings. The third kappa shape index (κ3) is 3.56. The van der Waals surface area contributed by atoms with Crippen LogP contribution in [-0.2, 0) is 6.42 Å². The second-order valence-corrected chi connectivity index (χ2v) is 5.13. The third-order valence-electron chi connectivity index (χ3n) is 3.89. The normalized spacial score (nSPS) is 18.1. The van der Waals surface area contributed by atoms with Gasteiger partial charge in [0.05, 0.1) is 6.07 Å². The SMILES string of the molecule is N#CCCN(CCCO)C1CCCc2ccccc21. The fourth-order valence-electron chi connectivity index (χ4n) is 3.00. The molecular formula is C16H22N2O. The van der Waals surface area contributed by atoms with Crippen molar-refractivity contribution in [3.8, 4) is 6.07 Å². The lowest BCUT2D eigenvalue weighted by Gasteiger charge is -2.35. The minimum atomic E-state index is 0.220. The Morgan fingerprint density at radius 2 is 2.16 bits per heavy atom. The second-order valence-electron chi connectivity index (χ2n) is 5.13. The van der Waals surface area contributed by atoms with Crippen LogP contribution in [0.25, 0.3) is 0 Å². The van der Waals surface area contributed by atoms with Gasteiger partial charge in [-0.15, -0.1) is 0 Å². The predicted octanol–water partition coefficient (Wildman–Crippen LogP) is 2.66. The molecule has 1 atom stereocenters. The Balaban J connectivity index is 2.15. The summed E-state index contributed by atoms with van der Waals surface area (Å²) in [5, 5.41) is 17.9. The number of aliphatic hydroxyl groups excluding tert-OH is 1. The van der Waals surface area contributed by atoms with Gasteiger partial charge in [0.1, 0.15) is 0 Å². The first-order valence-corrected chi connectivity index (χ1v) is 7.16. The molecule has 1 unspecified atom stereocenters. The third-order valence-corrected chi connectivity index (χ3v) is 3.89. The van der Waals surface area contributed by atoms with Crippen molar-refractivity contribution in [3.05, 3.63) is 35.4 Å². The number of rotatable bonds is 6. The van der Waals surface area contributed by atoms with Gasteiger partial charge in [-0.3, -0.25) is 4.90 Å². The number of hydrogen-bond acceptors (Lipinski definition) is 3. The zero-order chi connectivity index (χ0) is 13.5. The molecule has 0 saturated heterocycles. The first-order chi connectivity index (χ1) is 9.36. The molecule has 0 aliphatic heterocycles. The summed E-state index contributed by atoms with van der Waals surface area (Å²) >= 11 is 0. The lowest BCUT2D eigenvalue weighted by atomic mass is 9.86. The Kier molecular flexibility index (Phi) is 5.38. The lowest BCUT2D eigenvalue weighted by Crippen LogP contribution is -2.33. The van der Waals surface area contributed by atoms with Gasteiger partial charge in [-0.25, -0.2) is 0 Å². The first-order valence-electron chi connectivity index (χ1n) is 7.16. The molecule has 1 aliphatic carbocycles. The van der Waals surface area contributed by atoms with Gasteiger partial charge in [0.25, 0.3) is 0 Å². The average Bonchev–Trinajstić information content (AvgIpc) is 2.47. The second kappa shape index (κ2) is 7.28. The summed E-state index contributed by atoms with van der Waals surface area (Å²) in [7, 11) is 0. The molecule has 19 heavy (non-hydrogen) atoms. The van der Waals surface area contributed by atoms with Crippen LogP contribution in [0.2, 0.25) is 0 Å². The highest BCUT2D eigenvalue weighted by molar-refractivity contribution is 5.32. The fraction of sp³-hybridized carbons (Fsp3) is 0.562. The van der Waals surface area contributed by atoms with Gasteiger partial charge in [0.15, 0.2) is 0 Å². The average molecular weight is 258 g/mol. The van der Waals surface area contributed by atoms with Crippen molar-refractivity contribution in [2.24, 2.45) is 0 Å². The Hall–Kier alpha value is -1.37. The summed E-state index contributed by atoms with van der Waals surface area (Å²) in [4.78, 5) is 2.37. The van der Waals surface area contributed by atoms with Gasteiger partial charge in [0, 0.05) is 32.2 Å². The Labute approximate surface area is 115 Å². The number of aliphatic hydroxyl groups is 1. The molecule has 0 aromatic heterocycles. The van der Waals surface area contributed by atoms with E-state index in [2.05, 4.69) is 35.2 Å². The molecule has 1 aromatic carbocycles. The number of fused-ring (bicyclic) bond motifs is 1. The summed E-state index contributed by atoms with van der Waals surface area (Å²) in [5.41, 5.74) is 2.87. The zero-order valence-corrected chi connectivity index (χ0v) is 11.4. The minimum absolute atomic E-state index is 0.220. The predicted molar refractivity (Wildman–Crippen MR) is 75.6 cm³/mol. The van der Waals surface area contributed by atoms with Crippen LogP contribution in [0.4, 0.5) is 0 Å². The highest BCUT2D eigenvalue weighted by atomic mass is 16.3. The maximum atomic E-state index is 9.04. The van der Waals surface area contributed by atoms with Crippen LogP contribution in [0.1, 0.15) is 42.9 Å². The molecule has 0 spiro atoms. The summed E-state index contributed by atoms with van der Waals surface area (Å²) in [5.74, 6) is 0. The molecular weight excluding hydrogens is 236 g/mol. The molecule has 0 fully saturated rings. The van der Waals surface area contributed by atoms with Crippen molar-refractivity contribution in [1.29, 1.82) is 5.26 Å². The smallest absolute Gasteiger partial charge is 0.0635 e. The Morgan fingerprint density at radius 1 is 1.32 bits per heavy atom. The Bertz CT molecular complexity index is 439. The van der Waals surface area contributed by atoms with Crippen molar-refractivity contribution >= 4 is 0 Å². The van der Waals surface area contributed by atoms with E-state index in [9.17, 15) is 0 Å². The van der Waals surface area contributed by atoms with E-state index >= 15 is 0 Å². The van der Waals surface area contributed by atoms with Crippen LogP contribution >= 0.6 is 0 Å². The van der Waals surface area contributed by atoms with Gasteiger partial charge in [-0.1, -0.05) is 24.3 Å². The van der Waals surface area contributed by atoms with E-state index in [1.807, 2.05) is 0 Å². The molecule has 0 amide bonds. The summed E-state index contributed by atoms with van der Waals surface area (Å²) in [6, 6.07) is 11.3. The van der Waals surface area contributed by atoms with E-state index in [1.54, 1.807) is 0 Å². The van der Waals surface area contributed by atoms with Crippen molar-refractivity contribution in [3.63, 3.8) is 0 Å². The van der Waals surface area contributed by atoms with Crippen LogP contribution < -0.4 is 0 Å². The van der Waals surface area contributed by atoms with Crippen molar-refractivity contribution in [2.75, 3.05) is 19.7 Å². The molecule has 0 saturated carbocycles. The van der Waals surface area contributed by atoms with Gasteiger partial charge in [-0.05, 0) is 36.8 Å². The summed E-state index contributed by atoms with van der Waals surface area (Å²) in [6.07, 6.45) is 4.88. The van der Waals surface area contributed by atoms with Crippen molar-refractivity contribution in [2.45, 2.75) is 38.1 Å². The maximum Gasteiger partial charge on any atom is 0.0635 e. The molecule has 2 rings (SSSR count). The fourth-order valence-corrected chi connectivity index (χ4v) is 3.00. The van der Waals surface area contributed by atoms with Gasteiger partial charge in [0.2, 0.25) is 0 Å². The largest absolute Gasteiger partial charge is 0.396 e. The van der Waals surface area contributed by atoms with Gasteiger partial charge in [-0.2, -0.15) is 5.26 Å². The van der Waals surface area contributed by atoms with Crippen LogP contribution in [0.15, 0.2) is 24.3 Å². The van der Waals surface area contributed by atoms with E-state index in [1.165, 1.54) is 24.0 Å². The molecule has 3 heteroatoms. The topological polar surface area (TPSA) is 47.3 Å². The number of nitriles is 1. The maximum absolute atomic E-state index is 9.04. The molecule has 3 nitrogen and oxygen atoms in total. The van der Waals surface area contributed by atoms with Crippen molar-refractivity contribution < 1.29 is 5.11 Å². The molecule has 0 bridgehead atoms. The van der Waals surface area contributed by atoms with E-state index < -0.39 is 0 Å². The van der Waals surface area contributed by atoms with Gasteiger partial charge < -0.3 is 5.11 Å². The van der Waals surface area contributed by atoms with Crippen LogP contribution in [0, 0.1) is 11.3 Å². The van der Waals surface area contributed by atoms with Crippen LogP contribution in [0.5, 0.6) is 0 Å². The molecule has 0 heterocycles. The molecule has 102 valence electrons. The Morgan fingerprint density at radius 3 is 2.95 bits per heavy atom. The van der Waals surface area contributed by atoms with Gasteiger partial charge >= 0.3 is 0 Å². The number of nitrogens with zero attached hydrogens (tertiary/aromatic N) is 2. The standard InChI is InChI=1S/C16H22N2O/c17-10-4-11-18(12-5-13-19)16-9-3-7-14-6-1-2-8-15(14)16/h1-2,6,8,16,19H,3-5,7,9,11-13H2. The van der Waals surface area contributed by atoms with E-state index in [0.29, 0.717) is 12.5 Å². The van der Waals surface area contributed by atoms with E-state index in [-0.39, 0.29) is 6.61 Å².